The van der Waals surface area contributed by atoms with Gasteiger partial charge in [0.05, 0.1) is 23.4 Å². The lowest BCUT2D eigenvalue weighted by Gasteiger charge is -2.11. The molecule has 0 amide bonds. The first kappa shape index (κ1) is 17.0. The van der Waals surface area contributed by atoms with E-state index in [-0.39, 0.29) is 16.3 Å². The van der Waals surface area contributed by atoms with Crippen LogP contribution in [0.25, 0.3) is 0 Å². The largest absolute Gasteiger partial charge is 0.506 e. The first-order valence-corrected chi connectivity index (χ1v) is 8.00. The van der Waals surface area contributed by atoms with Crippen LogP contribution in [-0.2, 0) is 14.8 Å². The van der Waals surface area contributed by atoms with Crippen molar-refractivity contribution in [2.24, 2.45) is 0 Å². The van der Waals surface area contributed by atoms with Crippen molar-refractivity contribution < 1.29 is 27.4 Å². The molecule has 0 heterocycles. The molecule has 0 unspecified atom stereocenters. The van der Waals surface area contributed by atoms with E-state index in [1.54, 1.807) is 0 Å². The number of carbonyl (C=O) groups is 1. The lowest BCUT2D eigenvalue weighted by molar-refractivity contribution is 0.0600. The molecule has 9 heteroatoms. The van der Waals surface area contributed by atoms with Gasteiger partial charge in [0.25, 0.3) is 10.0 Å². The zero-order valence-electron chi connectivity index (χ0n) is 11.7. The summed E-state index contributed by atoms with van der Waals surface area (Å²) in [6.45, 7) is 0. The number of benzene rings is 2. The van der Waals surface area contributed by atoms with Crippen molar-refractivity contribution in [2.75, 3.05) is 11.8 Å². The smallest absolute Gasteiger partial charge is 0.337 e. The highest BCUT2D eigenvalue weighted by molar-refractivity contribution is 7.92. The second-order valence-electron chi connectivity index (χ2n) is 4.40. The van der Waals surface area contributed by atoms with Crippen molar-refractivity contribution in [1.29, 1.82) is 0 Å². The summed E-state index contributed by atoms with van der Waals surface area (Å²) in [5, 5.41) is 9.44. The van der Waals surface area contributed by atoms with Gasteiger partial charge in [0, 0.05) is 6.07 Å². The highest BCUT2D eigenvalue weighted by Crippen LogP contribution is 2.29. The minimum absolute atomic E-state index is 0.0271. The van der Waals surface area contributed by atoms with Crippen LogP contribution in [0.2, 0.25) is 5.02 Å². The van der Waals surface area contributed by atoms with E-state index in [1.807, 2.05) is 4.72 Å². The zero-order chi connectivity index (χ0) is 17.2. The van der Waals surface area contributed by atoms with Gasteiger partial charge in [-0.25, -0.2) is 17.6 Å². The van der Waals surface area contributed by atoms with Crippen LogP contribution in [0.15, 0.2) is 41.3 Å². The van der Waals surface area contributed by atoms with Gasteiger partial charge in [0.2, 0.25) is 0 Å². The Labute approximate surface area is 136 Å². The summed E-state index contributed by atoms with van der Waals surface area (Å²) in [5.74, 6) is -1.95. The summed E-state index contributed by atoms with van der Waals surface area (Å²) in [4.78, 5) is 11.1. The highest BCUT2D eigenvalue weighted by Gasteiger charge is 2.22. The van der Waals surface area contributed by atoms with E-state index in [1.165, 1.54) is 12.1 Å². The predicted molar refractivity (Wildman–Crippen MR) is 81.7 cm³/mol. The number of ether oxygens (including phenoxy) is 1. The van der Waals surface area contributed by atoms with Crippen molar-refractivity contribution >= 4 is 33.3 Å². The number of aromatic hydroxyl groups is 1. The van der Waals surface area contributed by atoms with Gasteiger partial charge in [-0.2, -0.15) is 0 Å². The molecule has 0 aromatic heterocycles. The third-order valence-corrected chi connectivity index (χ3v) is 4.69. The quantitative estimate of drug-likeness (QED) is 0.646. The molecule has 23 heavy (non-hydrogen) atoms. The Bertz CT molecular complexity index is 869. The summed E-state index contributed by atoms with van der Waals surface area (Å²) in [7, 11) is -3.12. The first-order valence-electron chi connectivity index (χ1n) is 6.14. The van der Waals surface area contributed by atoms with Gasteiger partial charge in [-0.15, -0.1) is 0 Å². The van der Waals surface area contributed by atoms with Gasteiger partial charge in [0.1, 0.15) is 16.5 Å². The first-order chi connectivity index (χ1) is 10.7. The SMILES string of the molecule is COC(=O)c1ccc(Cl)c(S(=O)(=O)Nc2cc(F)ccc2O)c1. The number of hydrogen-bond acceptors (Lipinski definition) is 5. The maximum Gasteiger partial charge on any atom is 0.337 e. The van der Waals surface area contributed by atoms with Crippen molar-refractivity contribution in [3.05, 3.63) is 52.8 Å². The molecular weight excluding hydrogens is 349 g/mol. The van der Waals surface area contributed by atoms with Gasteiger partial charge >= 0.3 is 5.97 Å². The van der Waals surface area contributed by atoms with Crippen LogP contribution in [0.3, 0.4) is 0 Å². The lowest BCUT2D eigenvalue weighted by atomic mass is 10.2. The molecule has 0 fully saturated rings. The minimum Gasteiger partial charge on any atom is -0.506 e. The van der Waals surface area contributed by atoms with Crippen LogP contribution < -0.4 is 4.72 Å². The third kappa shape index (κ3) is 3.72. The van der Waals surface area contributed by atoms with E-state index in [0.717, 1.165) is 31.4 Å². The normalized spacial score (nSPS) is 11.1. The van der Waals surface area contributed by atoms with E-state index in [2.05, 4.69) is 4.74 Å². The van der Waals surface area contributed by atoms with Crippen molar-refractivity contribution in [2.45, 2.75) is 4.90 Å². The van der Waals surface area contributed by atoms with Crippen LogP contribution >= 0.6 is 11.6 Å². The maximum atomic E-state index is 13.2. The number of nitrogens with one attached hydrogen (secondary N) is 1. The van der Waals surface area contributed by atoms with Gasteiger partial charge in [-0.3, -0.25) is 4.72 Å². The molecule has 6 nitrogen and oxygen atoms in total. The number of sulfonamides is 1. The fraction of sp³-hybridized carbons (Fsp3) is 0.0714. The average molecular weight is 360 g/mol. The molecule has 0 saturated heterocycles. The van der Waals surface area contributed by atoms with Gasteiger partial charge in [-0.1, -0.05) is 11.6 Å². The van der Waals surface area contributed by atoms with E-state index >= 15 is 0 Å². The molecule has 0 bridgehead atoms. The molecule has 2 aromatic rings. The predicted octanol–water partition coefficient (Wildman–Crippen LogP) is 2.77. The number of phenols is 1. The Morgan fingerprint density at radius 3 is 2.61 bits per heavy atom. The molecule has 0 spiro atoms. The second kappa shape index (κ2) is 6.43. The second-order valence-corrected chi connectivity index (χ2v) is 6.46. The summed E-state index contributed by atoms with van der Waals surface area (Å²) in [6.07, 6.45) is 0. The summed E-state index contributed by atoms with van der Waals surface area (Å²) < 4.78 is 44.4. The summed E-state index contributed by atoms with van der Waals surface area (Å²) in [6, 6.07) is 6.32. The molecule has 0 saturated carbocycles. The summed E-state index contributed by atoms with van der Waals surface area (Å²) >= 11 is 5.86. The van der Waals surface area contributed by atoms with E-state index in [0.29, 0.717) is 0 Å². The minimum atomic E-state index is -4.26. The molecule has 0 atom stereocenters. The average Bonchev–Trinajstić information content (AvgIpc) is 2.50. The van der Waals surface area contributed by atoms with Crippen molar-refractivity contribution in [3.8, 4) is 5.75 Å². The molecule has 0 aliphatic rings. The molecule has 122 valence electrons. The Balaban J connectivity index is 2.47. The number of methoxy groups -OCH3 is 1. The molecule has 2 aromatic carbocycles. The number of anilines is 1. The van der Waals surface area contributed by atoms with Crippen molar-refractivity contribution in [3.63, 3.8) is 0 Å². The molecular formula is C14H11ClFNO5S. The number of esters is 1. The Morgan fingerprint density at radius 1 is 1.26 bits per heavy atom. The van der Waals surface area contributed by atoms with Gasteiger partial charge in [-0.05, 0) is 30.3 Å². The van der Waals surface area contributed by atoms with Gasteiger partial charge < -0.3 is 9.84 Å². The van der Waals surface area contributed by atoms with E-state index in [4.69, 9.17) is 11.6 Å². The molecule has 0 aliphatic carbocycles. The monoisotopic (exact) mass is 359 g/mol. The number of carbonyl (C=O) groups excluding carboxylic acids is 1. The van der Waals surface area contributed by atoms with Crippen LogP contribution in [0, 0.1) is 5.82 Å². The number of hydrogen-bond donors (Lipinski definition) is 2. The fourth-order valence-electron chi connectivity index (χ4n) is 1.74. The maximum absolute atomic E-state index is 13.2. The van der Waals surface area contributed by atoms with Crippen LogP contribution in [0.1, 0.15) is 10.4 Å². The van der Waals surface area contributed by atoms with E-state index < -0.39 is 32.5 Å². The number of halogens is 2. The molecule has 2 N–H and O–H groups in total. The fourth-order valence-corrected chi connectivity index (χ4v) is 3.34. The number of rotatable bonds is 4. The summed E-state index contributed by atoms with van der Waals surface area (Å²) in [5.41, 5.74) is -0.384. The number of phenolic OH excluding ortho intramolecular Hbond substituents is 1. The van der Waals surface area contributed by atoms with Crippen LogP contribution in [0.4, 0.5) is 10.1 Å². The Hall–Kier alpha value is -2.32. The Kier molecular flexibility index (Phi) is 4.76. The standard InChI is InChI=1S/C14H11ClFNO5S/c1-22-14(19)8-2-4-10(15)13(6-8)23(20,21)17-11-7-9(16)3-5-12(11)18/h2-7,17-18H,1H3. The van der Waals surface area contributed by atoms with Crippen LogP contribution in [0.5, 0.6) is 5.75 Å². The topological polar surface area (TPSA) is 92.7 Å². The Morgan fingerprint density at radius 2 is 1.96 bits per heavy atom. The van der Waals surface area contributed by atoms with Gasteiger partial charge in [0.15, 0.2) is 0 Å². The van der Waals surface area contributed by atoms with E-state index in [9.17, 15) is 22.7 Å². The zero-order valence-corrected chi connectivity index (χ0v) is 13.3. The highest BCUT2D eigenvalue weighted by atomic mass is 35.5. The third-order valence-electron chi connectivity index (χ3n) is 2.84. The van der Waals surface area contributed by atoms with Crippen LogP contribution in [-0.4, -0.2) is 26.6 Å². The van der Waals surface area contributed by atoms with Crippen molar-refractivity contribution in [1.82, 2.24) is 0 Å². The molecule has 0 radical (unpaired) electrons. The molecule has 0 aliphatic heterocycles. The lowest BCUT2D eigenvalue weighted by Crippen LogP contribution is -2.15. The molecule has 2 rings (SSSR count).